The van der Waals surface area contributed by atoms with E-state index in [-0.39, 0.29) is 18.2 Å². The second-order valence-corrected chi connectivity index (χ2v) is 6.69. The van der Waals surface area contributed by atoms with Gasteiger partial charge in [-0.3, -0.25) is 14.5 Å². The van der Waals surface area contributed by atoms with Crippen LogP contribution in [0.3, 0.4) is 0 Å². The number of fused-ring (bicyclic) bond motifs is 1. The first-order valence-electron chi connectivity index (χ1n) is 8.13. The Hall–Kier alpha value is -2.61. The average Bonchev–Trinajstić information content (AvgIpc) is 3.23. The van der Waals surface area contributed by atoms with Gasteiger partial charge in [0.05, 0.1) is 12.1 Å². The molecule has 0 saturated carbocycles. The molecule has 2 aliphatic heterocycles. The van der Waals surface area contributed by atoms with Gasteiger partial charge in [-0.2, -0.15) is 0 Å². The molecule has 0 bridgehead atoms. The van der Waals surface area contributed by atoms with Crippen molar-refractivity contribution >= 4 is 34.0 Å². The van der Waals surface area contributed by atoms with Crippen LogP contribution in [0.15, 0.2) is 23.6 Å². The Labute approximate surface area is 148 Å². The molecular formula is C17H17N3O4S. The van der Waals surface area contributed by atoms with Crippen LogP contribution >= 0.6 is 11.3 Å². The minimum atomic E-state index is -0.165. The summed E-state index contributed by atoms with van der Waals surface area (Å²) in [7, 11) is 0. The summed E-state index contributed by atoms with van der Waals surface area (Å²) in [5, 5.41) is 5.33. The number of ether oxygens (including phenoxy) is 2. The highest BCUT2D eigenvalue weighted by molar-refractivity contribution is 7.14. The van der Waals surface area contributed by atoms with E-state index in [0.29, 0.717) is 54.2 Å². The Balaban J connectivity index is 1.39. The second-order valence-electron chi connectivity index (χ2n) is 5.85. The molecule has 2 aromatic rings. The second kappa shape index (κ2) is 6.72. The van der Waals surface area contributed by atoms with E-state index in [1.54, 1.807) is 23.1 Å². The van der Waals surface area contributed by atoms with E-state index < -0.39 is 0 Å². The number of hydrogen-bond donors (Lipinski definition) is 1. The molecule has 0 aliphatic carbocycles. The summed E-state index contributed by atoms with van der Waals surface area (Å²) < 4.78 is 11.0. The number of carbonyl (C=O) groups excluding carboxylic acids is 2. The first-order valence-corrected chi connectivity index (χ1v) is 9.01. The maximum Gasteiger partial charge on any atom is 0.230 e. The molecule has 4 rings (SSSR count). The van der Waals surface area contributed by atoms with E-state index in [1.165, 1.54) is 11.3 Å². The predicted molar refractivity (Wildman–Crippen MR) is 93.5 cm³/mol. The molecule has 25 heavy (non-hydrogen) atoms. The number of amides is 2. The van der Waals surface area contributed by atoms with Crippen molar-refractivity contribution in [1.82, 2.24) is 4.98 Å². The van der Waals surface area contributed by atoms with Crippen LogP contribution in [-0.4, -0.2) is 36.6 Å². The molecule has 3 heterocycles. The monoisotopic (exact) mass is 359 g/mol. The number of hydrogen-bond acceptors (Lipinski definition) is 6. The Bertz CT molecular complexity index is 820. The smallest absolute Gasteiger partial charge is 0.230 e. The highest BCUT2D eigenvalue weighted by atomic mass is 32.1. The summed E-state index contributed by atoms with van der Waals surface area (Å²) in [5.41, 5.74) is 1.31. The number of thiazole rings is 1. The molecular weight excluding hydrogens is 342 g/mol. The quantitative estimate of drug-likeness (QED) is 0.905. The molecule has 130 valence electrons. The van der Waals surface area contributed by atoms with Crippen LogP contribution in [-0.2, 0) is 16.0 Å². The third-order valence-corrected chi connectivity index (χ3v) is 4.92. The van der Waals surface area contributed by atoms with Gasteiger partial charge < -0.3 is 14.8 Å². The molecule has 1 fully saturated rings. The minimum Gasteiger partial charge on any atom is -0.486 e. The third kappa shape index (κ3) is 3.43. The van der Waals surface area contributed by atoms with Gasteiger partial charge >= 0.3 is 0 Å². The number of anilines is 2. The van der Waals surface area contributed by atoms with Crippen LogP contribution in [0.2, 0.25) is 0 Å². The molecule has 1 aromatic heterocycles. The van der Waals surface area contributed by atoms with Crippen molar-refractivity contribution < 1.29 is 19.1 Å². The number of nitrogens with zero attached hydrogens (tertiary/aromatic N) is 2. The lowest BCUT2D eigenvalue weighted by atomic mass is 10.2. The van der Waals surface area contributed by atoms with Crippen LogP contribution in [0.5, 0.6) is 11.5 Å². The van der Waals surface area contributed by atoms with Gasteiger partial charge in [-0.15, -0.1) is 11.3 Å². The fourth-order valence-corrected chi connectivity index (χ4v) is 3.71. The molecule has 0 unspecified atom stereocenters. The van der Waals surface area contributed by atoms with Crippen molar-refractivity contribution in [2.75, 3.05) is 30.0 Å². The number of aromatic nitrogens is 1. The maximum atomic E-state index is 12.2. The lowest BCUT2D eigenvalue weighted by Gasteiger charge is -2.18. The molecule has 1 N–H and O–H groups in total. The van der Waals surface area contributed by atoms with E-state index in [2.05, 4.69) is 10.3 Å². The predicted octanol–water partition coefficient (Wildman–Crippen LogP) is 2.22. The van der Waals surface area contributed by atoms with Crippen molar-refractivity contribution in [3.05, 3.63) is 29.3 Å². The van der Waals surface area contributed by atoms with Crippen molar-refractivity contribution in [2.24, 2.45) is 0 Å². The molecule has 1 aromatic carbocycles. The molecule has 2 amide bonds. The molecule has 7 nitrogen and oxygen atoms in total. The lowest BCUT2D eigenvalue weighted by Crippen LogP contribution is -2.23. The Morgan fingerprint density at radius 3 is 2.92 bits per heavy atom. The number of carbonyl (C=O) groups is 2. The van der Waals surface area contributed by atoms with E-state index in [4.69, 9.17) is 9.47 Å². The zero-order chi connectivity index (χ0) is 17.2. The minimum absolute atomic E-state index is 0.0987. The zero-order valence-corrected chi connectivity index (χ0v) is 14.3. The van der Waals surface area contributed by atoms with E-state index in [9.17, 15) is 9.59 Å². The summed E-state index contributed by atoms with van der Waals surface area (Å²) >= 11 is 1.39. The summed E-state index contributed by atoms with van der Waals surface area (Å²) in [5.74, 6) is 1.25. The summed E-state index contributed by atoms with van der Waals surface area (Å²) in [6.07, 6.45) is 1.59. The fourth-order valence-electron chi connectivity index (χ4n) is 2.84. The van der Waals surface area contributed by atoms with Crippen LogP contribution in [0.4, 0.5) is 10.8 Å². The van der Waals surface area contributed by atoms with Gasteiger partial charge in [0.25, 0.3) is 0 Å². The van der Waals surface area contributed by atoms with Crippen LogP contribution in [0, 0.1) is 0 Å². The zero-order valence-electron chi connectivity index (χ0n) is 13.5. The Morgan fingerprint density at radius 1 is 1.28 bits per heavy atom. The maximum absolute atomic E-state index is 12.2. The molecule has 8 heteroatoms. The number of rotatable bonds is 4. The number of benzene rings is 1. The van der Waals surface area contributed by atoms with Crippen LogP contribution in [0.1, 0.15) is 18.5 Å². The first kappa shape index (κ1) is 15.9. The first-order chi connectivity index (χ1) is 12.2. The van der Waals surface area contributed by atoms with Gasteiger partial charge in [-0.05, 0) is 18.6 Å². The Kier molecular flexibility index (Phi) is 4.27. The average molecular weight is 359 g/mol. The summed E-state index contributed by atoms with van der Waals surface area (Å²) in [4.78, 5) is 30.1. The molecule has 1 saturated heterocycles. The Morgan fingerprint density at radius 2 is 2.12 bits per heavy atom. The van der Waals surface area contributed by atoms with E-state index in [1.807, 2.05) is 5.38 Å². The lowest BCUT2D eigenvalue weighted by molar-refractivity contribution is -0.117. The van der Waals surface area contributed by atoms with Gasteiger partial charge in [-0.25, -0.2) is 4.98 Å². The van der Waals surface area contributed by atoms with Crippen molar-refractivity contribution in [2.45, 2.75) is 19.3 Å². The molecule has 0 spiro atoms. The van der Waals surface area contributed by atoms with E-state index >= 15 is 0 Å². The fraction of sp³-hybridized carbons (Fsp3) is 0.353. The van der Waals surface area contributed by atoms with E-state index in [0.717, 1.165) is 6.42 Å². The van der Waals surface area contributed by atoms with Gasteiger partial charge in [0.15, 0.2) is 16.6 Å². The van der Waals surface area contributed by atoms with Gasteiger partial charge in [0.2, 0.25) is 11.8 Å². The van der Waals surface area contributed by atoms with Crippen molar-refractivity contribution in [3.8, 4) is 11.5 Å². The highest BCUT2D eigenvalue weighted by Crippen LogP contribution is 2.32. The summed E-state index contributed by atoms with van der Waals surface area (Å²) in [6, 6.07) is 5.31. The SMILES string of the molecule is O=C(Cc1csc(N2CCCC2=O)n1)Nc1ccc2c(c1)OCCO2. The molecule has 0 atom stereocenters. The van der Waals surface area contributed by atoms with Crippen LogP contribution in [0.25, 0.3) is 0 Å². The van der Waals surface area contributed by atoms with Crippen LogP contribution < -0.4 is 19.7 Å². The standard InChI is InChI=1S/C17H17N3O4S/c21-15(18-11-3-4-13-14(8-11)24-7-6-23-13)9-12-10-25-17(19-12)20-5-1-2-16(20)22/h3-4,8,10H,1-2,5-7,9H2,(H,18,21). The molecule has 2 aliphatic rings. The highest BCUT2D eigenvalue weighted by Gasteiger charge is 2.24. The summed E-state index contributed by atoms with van der Waals surface area (Å²) in [6.45, 7) is 1.74. The van der Waals surface area contributed by atoms with Gasteiger partial charge in [0, 0.05) is 30.1 Å². The number of nitrogens with one attached hydrogen (secondary N) is 1. The van der Waals surface area contributed by atoms with Gasteiger partial charge in [-0.1, -0.05) is 0 Å². The van der Waals surface area contributed by atoms with Crippen molar-refractivity contribution in [1.29, 1.82) is 0 Å². The molecule has 0 radical (unpaired) electrons. The third-order valence-electron chi connectivity index (χ3n) is 4.01. The largest absolute Gasteiger partial charge is 0.486 e. The van der Waals surface area contributed by atoms with Gasteiger partial charge in [0.1, 0.15) is 13.2 Å². The normalized spacial score (nSPS) is 16.2. The van der Waals surface area contributed by atoms with Crippen molar-refractivity contribution in [3.63, 3.8) is 0 Å². The topological polar surface area (TPSA) is 80.8 Å².